The molecule has 0 aliphatic heterocycles. The molecule has 0 aliphatic rings. The van der Waals surface area contributed by atoms with E-state index in [0.29, 0.717) is 16.7 Å². The van der Waals surface area contributed by atoms with Crippen molar-refractivity contribution in [2.24, 2.45) is 0 Å². The van der Waals surface area contributed by atoms with E-state index in [0.717, 1.165) is 17.1 Å². The molecule has 0 aliphatic carbocycles. The summed E-state index contributed by atoms with van der Waals surface area (Å²) < 4.78 is 10.8. The Bertz CT molecular complexity index is 554. The van der Waals surface area contributed by atoms with Gasteiger partial charge < -0.3 is 14.5 Å². The Labute approximate surface area is 122 Å². The van der Waals surface area contributed by atoms with Crippen molar-refractivity contribution in [3.8, 4) is 0 Å². The van der Waals surface area contributed by atoms with E-state index in [2.05, 4.69) is 5.32 Å². The van der Waals surface area contributed by atoms with Crippen molar-refractivity contribution in [2.75, 3.05) is 14.2 Å². The Morgan fingerprint density at radius 3 is 2.74 bits per heavy atom. The Kier molecular flexibility index (Phi) is 4.88. The molecule has 0 spiro atoms. The van der Waals surface area contributed by atoms with Crippen LogP contribution in [0.3, 0.4) is 0 Å². The molecule has 0 fully saturated rings. The molecule has 0 saturated heterocycles. The molecule has 0 amide bonds. The fourth-order valence-electron chi connectivity index (χ4n) is 1.96. The first-order valence-electron chi connectivity index (χ1n) is 5.86. The smallest absolute Gasteiger partial charge is 0.129 e. The lowest BCUT2D eigenvalue weighted by atomic mass is 10.0. The summed E-state index contributed by atoms with van der Waals surface area (Å²) in [6.07, 6.45) is 0. The number of nitrogens with one attached hydrogen (secondary N) is 1. The van der Waals surface area contributed by atoms with Crippen LogP contribution in [-0.2, 0) is 11.3 Å². The first kappa shape index (κ1) is 14.4. The molecule has 1 aromatic carbocycles. The van der Waals surface area contributed by atoms with Crippen molar-refractivity contribution in [1.82, 2.24) is 5.32 Å². The normalized spacial score (nSPS) is 12.6. The van der Waals surface area contributed by atoms with Crippen LogP contribution in [0, 0.1) is 0 Å². The molecule has 1 atom stereocenters. The summed E-state index contributed by atoms with van der Waals surface area (Å²) in [5, 5.41) is 4.25. The first-order valence-corrected chi connectivity index (χ1v) is 6.61. The third kappa shape index (κ3) is 3.12. The number of hydrogen-bond donors (Lipinski definition) is 1. The Hall–Kier alpha value is -1.000. The topological polar surface area (TPSA) is 34.4 Å². The minimum Gasteiger partial charge on any atom is -0.462 e. The van der Waals surface area contributed by atoms with Crippen molar-refractivity contribution < 1.29 is 9.15 Å². The molecule has 3 nitrogen and oxygen atoms in total. The SMILES string of the molecule is CNC(c1ccc(COC)o1)c1cccc(Cl)c1Cl. The standard InChI is InChI=1S/C14H15Cl2NO2/c1-17-14(10-4-3-5-11(15)13(10)16)12-7-6-9(19-12)8-18-2/h3-7,14,17H,8H2,1-2H3. The van der Waals surface area contributed by atoms with Crippen LogP contribution >= 0.6 is 23.2 Å². The summed E-state index contributed by atoms with van der Waals surface area (Å²) in [4.78, 5) is 0. The second-order valence-electron chi connectivity index (χ2n) is 4.10. The van der Waals surface area contributed by atoms with Crippen LogP contribution in [0.1, 0.15) is 23.1 Å². The summed E-state index contributed by atoms with van der Waals surface area (Å²) in [6, 6.07) is 9.21. The average Bonchev–Trinajstić information content (AvgIpc) is 2.84. The first-order chi connectivity index (χ1) is 9.17. The van der Waals surface area contributed by atoms with Crippen molar-refractivity contribution in [1.29, 1.82) is 0 Å². The van der Waals surface area contributed by atoms with Crippen LogP contribution < -0.4 is 5.32 Å². The van der Waals surface area contributed by atoms with Crippen LogP contribution in [0.5, 0.6) is 0 Å². The summed E-state index contributed by atoms with van der Waals surface area (Å²) in [5.41, 5.74) is 0.884. The number of hydrogen-bond acceptors (Lipinski definition) is 3. The van der Waals surface area contributed by atoms with Gasteiger partial charge in [-0.05, 0) is 30.8 Å². The highest BCUT2D eigenvalue weighted by Crippen LogP contribution is 2.33. The second-order valence-corrected chi connectivity index (χ2v) is 4.89. The molecule has 1 N–H and O–H groups in total. The maximum absolute atomic E-state index is 6.25. The number of ether oxygens (including phenoxy) is 1. The lowest BCUT2D eigenvalue weighted by Crippen LogP contribution is -2.17. The summed E-state index contributed by atoms with van der Waals surface area (Å²) >= 11 is 12.3. The minimum atomic E-state index is -0.142. The maximum atomic E-state index is 6.25. The van der Waals surface area contributed by atoms with Gasteiger partial charge >= 0.3 is 0 Å². The largest absolute Gasteiger partial charge is 0.462 e. The van der Waals surface area contributed by atoms with Gasteiger partial charge in [0.2, 0.25) is 0 Å². The van der Waals surface area contributed by atoms with Crippen molar-refractivity contribution in [3.63, 3.8) is 0 Å². The van der Waals surface area contributed by atoms with Crippen molar-refractivity contribution >= 4 is 23.2 Å². The van der Waals surface area contributed by atoms with Crippen LogP contribution in [0.15, 0.2) is 34.7 Å². The molecule has 102 valence electrons. The monoisotopic (exact) mass is 299 g/mol. The van der Waals surface area contributed by atoms with Gasteiger partial charge in [-0.1, -0.05) is 35.3 Å². The third-order valence-electron chi connectivity index (χ3n) is 2.83. The molecule has 19 heavy (non-hydrogen) atoms. The molecule has 2 rings (SSSR count). The maximum Gasteiger partial charge on any atom is 0.129 e. The van der Waals surface area contributed by atoms with Crippen molar-refractivity contribution in [2.45, 2.75) is 12.6 Å². The highest BCUT2D eigenvalue weighted by atomic mass is 35.5. The molecular weight excluding hydrogens is 285 g/mol. The molecular formula is C14H15Cl2NO2. The van der Waals surface area contributed by atoms with E-state index in [1.165, 1.54) is 0 Å². The number of furan rings is 1. The molecule has 0 saturated carbocycles. The van der Waals surface area contributed by atoms with Crippen LogP contribution in [-0.4, -0.2) is 14.2 Å². The summed E-state index contributed by atoms with van der Waals surface area (Å²) in [6.45, 7) is 0.444. The molecule has 1 heterocycles. The third-order valence-corrected chi connectivity index (χ3v) is 3.67. The van der Waals surface area contributed by atoms with Crippen LogP contribution in [0.4, 0.5) is 0 Å². The summed E-state index contributed by atoms with van der Waals surface area (Å²) in [5.74, 6) is 1.55. The second kappa shape index (κ2) is 6.44. The predicted molar refractivity (Wildman–Crippen MR) is 76.8 cm³/mol. The van der Waals surface area contributed by atoms with E-state index in [-0.39, 0.29) is 6.04 Å². The van der Waals surface area contributed by atoms with Gasteiger partial charge in [0.05, 0.1) is 16.1 Å². The van der Waals surface area contributed by atoms with E-state index >= 15 is 0 Å². The fraction of sp³-hybridized carbons (Fsp3) is 0.286. The zero-order chi connectivity index (χ0) is 13.8. The van der Waals surface area contributed by atoms with Gasteiger partial charge in [0.15, 0.2) is 0 Å². The fourth-order valence-corrected chi connectivity index (χ4v) is 2.38. The molecule has 1 unspecified atom stereocenters. The molecule has 0 bridgehead atoms. The van der Waals surface area contributed by atoms with Crippen LogP contribution in [0.25, 0.3) is 0 Å². The molecule has 0 radical (unpaired) electrons. The Morgan fingerprint density at radius 1 is 1.26 bits per heavy atom. The number of halogens is 2. The van der Waals surface area contributed by atoms with Gasteiger partial charge in [-0.2, -0.15) is 0 Å². The number of methoxy groups -OCH3 is 1. The minimum absolute atomic E-state index is 0.142. The van der Waals surface area contributed by atoms with Gasteiger partial charge in [-0.3, -0.25) is 0 Å². The quantitative estimate of drug-likeness (QED) is 0.905. The number of rotatable bonds is 5. The predicted octanol–water partition coefficient (Wildman–Crippen LogP) is 4.04. The average molecular weight is 300 g/mol. The lowest BCUT2D eigenvalue weighted by Gasteiger charge is -2.16. The molecule has 2 aromatic rings. The highest BCUT2D eigenvalue weighted by Gasteiger charge is 2.19. The van der Waals surface area contributed by atoms with E-state index in [1.54, 1.807) is 13.2 Å². The Balaban J connectivity index is 2.35. The van der Waals surface area contributed by atoms with Gasteiger partial charge in [0.25, 0.3) is 0 Å². The van der Waals surface area contributed by atoms with E-state index in [4.69, 9.17) is 32.4 Å². The van der Waals surface area contributed by atoms with E-state index in [9.17, 15) is 0 Å². The van der Waals surface area contributed by atoms with Gasteiger partial charge in [-0.15, -0.1) is 0 Å². The molecule has 1 aromatic heterocycles. The van der Waals surface area contributed by atoms with E-state index in [1.807, 2.05) is 31.3 Å². The van der Waals surface area contributed by atoms with Crippen LogP contribution in [0.2, 0.25) is 10.0 Å². The van der Waals surface area contributed by atoms with Gasteiger partial charge in [-0.25, -0.2) is 0 Å². The Morgan fingerprint density at radius 2 is 2.05 bits per heavy atom. The summed E-state index contributed by atoms with van der Waals surface area (Å²) in [7, 11) is 3.48. The lowest BCUT2D eigenvalue weighted by molar-refractivity contribution is 0.162. The van der Waals surface area contributed by atoms with Gasteiger partial charge in [0.1, 0.15) is 18.1 Å². The number of benzene rings is 1. The van der Waals surface area contributed by atoms with Gasteiger partial charge in [0, 0.05) is 7.11 Å². The zero-order valence-electron chi connectivity index (χ0n) is 10.7. The highest BCUT2D eigenvalue weighted by molar-refractivity contribution is 6.42. The molecule has 5 heteroatoms. The van der Waals surface area contributed by atoms with E-state index < -0.39 is 0 Å². The zero-order valence-corrected chi connectivity index (χ0v) is 12.3. The van der Waals surface area contributed by atoms with Crippen molar-refractivity contribution in [3.05, 3.63) is 57.5 Å².